The summed E-state index contributed by atoms with van der Waals surface area (Å²) in [5.74, 6) is 2.31. The number of rotatable bonds is 11. The normalized spacial score (nSPS) is 10.9. The van der Waals surface area contributed by atoms with Crippen LogP contribution in [0.1, 0.15) is 33.3 Å². The molecule has 0 spiro atoms. The van der Waals surface area contributed by atoms with Gasteiger partial charge in [-0.2, -0.15) is 0 Å². The average molecular weight is 462 g/mol. The van der Waals surface area contributed by atoms with Gasteiger partial charge in [-0.05, 0) is 35.9 Å². The molecule has 176 valence electrons. The van der Waals surface area contributed by atoms with E-state index < -0.39 is 0 Å². The molecule has 8 nitrogen and oxygen atoms in total. The summed E-state index contributed by atoms with van der Waals surface area (Å²) in [6, 6.07) is 19.4. The topological polar surface area (TPSA) is 90.0 Å². The number of benzene rings is 2. The van der Waals surface area contributed by atoms with Gasteiger partial charge in [0, 0.05) is 18.7 Å². The number of aromatic nitrogens is 1. The predicted octanol–water partition coefficient (Wildman–Crippen LogP) is 4.42. The number of methoxy groups -OCH3 is 2. The number of furan rings is 1. The van der Waals surface area contributed by atoms with Gasteiger partial charge in [0.15, 0.2) is 5.69 Å². The van der Waals surface area contributed by atoms with Crippen molar-refractivity contribution in [2.24, 2.45) is 0 Å². The van der Waals surface area contributed by atoms with Crippen LogP contribution in [0.15, 0.2) is 82.0 Å². The summed E-state index contributed by atoms with van der Waals surface area (Å²) >= 11 is 0. The summed E-state index contributed by atoms with van der Waals surface area (Å²) in [4.78, 5) is 19.0. The van der Waals surface area contributed by atoms with Gasteiger partial charge in [0.2, 0.25) is 5.89 Å². The van der Waals surface area contributed by atoms with Crippen molar-refractivity contribution >= 4 is 5.91 Å². The standard InChI is InChI=1S/C26H27N3O5/c1-31-21-10-11-24(32-2)20(13-21)16-29(15-19-7-4-3-5-8-19)17-25-28-23(18-34-25)26(30)27-14-22-9-6-12-33-22/h3-13,18H,14-17H2,1-2H3,(H,27,30). The van der Waals surface area contributed by atoms with Crippen molar-refractivity contribution in [2.45, 2.75) is 26.2 Å². The van der Waals surface area contributed by atoms with E-state index >= 15 is 0 Å². The highest BCUT2D eigenvalue weighted by molar-refractivity contribution is 5.91. The molecule has 0 radical (unpaired) electrons. The quantitative estimate of drug-likeness (QED) is 0.354. The molecule has 2 aromatic heterocycles. The van der Waals surface area contributed by atoms with E-state index in [0.29, 0.717) is 31.3 Å². The van der Waals surface area contributed by atoms with E-state index in [1.807, 2.05) is 36.4 Å². The Labute approximate surface area is 198 Å². The second-order valence-electron chi connectivity index (χ2n) is 7.70. The minimum Gasteiger partial charge on any atom is -0.497 e. The number of nitrogens with zero attached hydrogens (tertiary/aromatic N) is 2. The Hall–Kier alpha value is -4.04. The Kier molecular flexibility index (Phi) is 7.62. The van der Waals surface area contributed by atoms with Crippen LogP contribution < -0.4 is 14.8 Å². The number of carbonyl (C=O) groups is 1. The SMILES string of the molecule is COc1ccc(OC)c(CN(Cc2ccccc2)Cc2nc(C(=O)NCc3ccco3)co2)c1. The number of oxazole rings is 1. The van der Waals surface area contributed by atoms with Gasteiger partial charge in [-0.1, -0.05) is 30.3 Å². The van der Waals surface area contributed by atoms with Crippen molar-refractivity contribution in [3.05, 3.63) is 102 Å². The third-order valence-corrected chi connectivity index (χ3v) is 5.28. The first-order valence-corrected chi connectivity index (χ1v) is 10.9. The van der Waals surface area contributed by atoms with Gasteiger partial charge in [0.1, 0.15) is 23.5 Å². The Morgan fingerprint density at radius 3 is 2.56 bits per heavy atom. The number of carbonyl (C=O) groups excluding carboxylic acids is 1. The van der Waals surface area contributed by atoms with Crippen LogP contribution in [0.2, 0.25) is 0 Å². The lowest BCUT2D eigenvalue weighted by molar-refractivity contribution is 0.0943. The molecular weight excluding hydrogens is 434 g/mol. The van der Waals surface area contributed by atoms with Crippen LogP contribution in [0.5, 0.6) is 11.5 Å². The van der Waals surface area contributed by atoms with Gasteiger partial charge >= 0.3 is 0 Å². The van der Waals surface area contributed by atoms with Crippen LogP contribution in [-0.2, 0) is 26.2 Å². The number of hydrogen-bond acceptors (Lipinski definition) is 7. The van der Waals surface area contributed by atoms with Crippen LogP contribution in [-0.4, -0.2) is 30.0 Å². The fraction of sp³-hybridized carbons (Fsp3) is 0.231. The van der Waals surface area contributed by atoms with E-state index in [-0.39, 0.29) is 18.1 Å². The smallest absolute Gasteiger partial charge is 0.273 e. The first kappa shape index (κ1) is 23.1. The Morgan fingerprint density at radius 2 is 1.82 bits per heavy atom. The van der Waals surface area contributed by atoms with E-state index in [1.54, 1.807) is 32.6 Å². The zero-order chi connectivity index (χ0) is 23.8. The molecule has 4 aromatic rings. The summed E-state index contributed by atoms with van der Waals surface area (Å²) in [5.41, 5.74) is 2.34. The summed E-state index contributed by atoms with van der Waals surface area (Å²) < 4.78 is 21.8. The number of nitrogens with one attached hydrogen (secondary N) is 1. The lowest BCUT2D eigenvalue weighted by atomic mass is 10.1. The molecular formula is C26H27N3O5. The van der Waals surface area contributed by atoms with Crippen molar-refractivity contribution < 1.29 is 23.1 Å². The summed E-state index contributed by atoms with van der Waals surface area (Å²) in [6.45, 7) is 1.91. The summed E-state index contributed by atoms with van der Waals surface area (Å²) in [6.07, 6.45) is 2.94. The molecule has 1 N–H and O–H groups in total. The molecule has 8 heteroatoms. The monoisotopic (exact) mass is 461 g/mol. The third kappa shape index (κ3) is 6.05. The molecule has 2 heterocycles. The van der Waals surface area contributed by atoms with Crippen molar-refractivity contribution in [3.8, 4) is 11.5 Å². The van der Waals surface area contributed by atoms with Gasteiger partial charge in [-0.25, -0.2) is 4.98 Å². The molecule has 0 bridgehead atoms. The highest BCUT2D eigenvalue weighted by Crippen LogP contribution is 2.26. The minimum atomic E-state index is -0.324. The van der Waals surface area contributed by atoms with Crippen molar-refractivity contribution in [1.82, 2.24) is 15.2 Å². The maximum absolute atomic E-state index is 12.5. The summed E-state index contributed by atoms with van der Waals surface area (Å²) in [7, 11) is 3.28. The van der Waals surface area contributed by atoms with Crippen LogP contribution in [0.4, 0.5) is 0 Å². The molecule has 1 amide bonds. The molecule has 2 aromatic carbocycles. The number of amides is 1. The van der Waals surface area contributed by atoms with E-state index in [9.17, 15) is 4.79 Å². The Balaban J connectivity index is 1.49. The van der Waals surface area contributed by atoms with E-state index in [4.69, 9.17) is 18.3 Å². The largest absolute Gasteiger partial charge is 0.497 e. The molecule has 0 aliphatic rings. The molecule has 0 saturated carbocycles. The second kappa shape index (κ2) is 11.2. The molecule has 0 fully saturated rings. The first-order valence-electron chi connectivity index (χ1n) is 10.9. The number of ether oxygens (including phenoxy) is 2. The van der Waals surface area contributed by atoms with Gasteiger partial charge in [-0.15, -0.1) is 0 Å². The third-order valence-electron chi connectivity index (χ3n) is 5.28. The van der Waals surface area contributed by atoms with Crippen molar-refractivity contribution in [3.63, 3.8) is 0 Å². The van der Waals surface area contributed by atoms with E-state index in [1.165, 1.54) is 6.26 Å². The summed E-state index contributed by atoms with van der Waals surface area (Å²) in [5, 5.41) is 2.78. The molecule has 0 atom stereocenters. The molecule has 0 saturated heterocycles. The van der Waals surface area contributed by atoms with Crippen molar-refractivity contribution in [2.75, 3.05) is 14.2 Å². The highest BCUT2D eigenvalue weighted by Gasteiger charge is 2.17. The first-order chi connectivity index (χ1) is 16.6. The van der Waals surface area contributed by atoms with E-state index in [0.717, 1.165) is 22.6 Å². The van der Waals surface area contributed by atoms with E-state index in [2.05, 4.69) is 27.3 Å². The van der Waals surface area contributed by atoms with Crippen LogP contribution in [0, 0.1) is 0 Å². The Morgan fingerprint density at radius 1 is 0.971 bits per heavy atom. The highest BCUT2D eigenvalue weighted by atomic mass is 16.5. The lowest BCUT2D eigenvalue weighted by Gasteiger charge is -2.22. The molecule has 0 unspecified atom stereocenters. The van der Waals surface area contributed by atoms with Gasteiger partial charge in [0.05, 0.1) is 33.6 Å². The lowest BCUT2D eigenvalue weighted by Crippen LogP contribution is -2.24. The molecule has 0 aliphatic carbocycles. The fourth-order valence-electron chi connectivity index (χ4n) is 3.61. The molecule has 4 rings (SSSR count). The average Bonchev–Trinajstić information content (AvgIpc) is 3.55. The fourth-order valence-corrected chi connectivity index (χ4v) is 3.61. The second-order valence-corrected chi connectivity index (χ2v) is 7.70. The zero-order valence-electron chi connectivity index (χ0n) is 19.2. The molecule has 34 heavy (non-hydrogen) atoms. The van der Waals surface area contributed by atoms with Gasteiger partial charge in [-0.3, -0.25) is 9.69 Å². The van der Waals surface area contributed by atoms with Crippen LogP contribution in [0.25, 0.3) is 0 Å². The maximum Gasteiger partial charge on any atom is 0.273 e. The maximum atomic E-state index is 12.5. The van der Waals surface area contributed by atoms with Gasteiger partial charge in [0.25, 0.3) is 5.91 Å². The predicted molar refractivity (Wildman–Crippen MR) is 125 cm³/mol. The number of hydrogen-bond donors (Lipinski definition) is 1. The van der Waals surface area contributed by atoms with Crippen LogP contribution >= 0.6 is 0 Å². The minimum absolute atomic E-state index is 0.222. The van der Waals surface area contributed by atoms with Crippen molar-refractivity contribution in [1.29, 1.82) is 0 Å². The van der Waals surface area contributed by atoms with Gasteiger partial charge < -0.3 is 23.6 Å². The Bertz CT molecular complexity index is 1190. The molecule has 0 aliphatic heterocycles. The van der Waals surface area contributed by atoms with Crippen LogP contribution in [0.3, 0.4) is 0 Å². The zero-order valence-corrected chi connectivity index (χ0v) is 19.2.